The van der Waals surface area contributed by atoms with Gasteiger partial charge in [-0.3, -0.25) is 10.1 Å². The number of aromatic nitrogens is 1. The molecular formula is C25H18N2O4S. The van der Waals surface area contributed by atoms with Crippen LogP contribution in [0.25, 0.3) is 23.1 Å². The average Bonchev–Trinajstić information content (AvgIpc) is 2.79. The van der Waals surface area contributed by atoms with Crippen molar-refractivity contribution in [3.05, 3.63) is 105 Å². The molecule has 0 aliphatic heterocycles. The molecule has 0 bridgehead atoms. The molecule has 6 nitrogen and oxygen atoms in total. The van der Waals surface area contributed by atoms with Gasteiger partial charge in [-0.2, -0.15) is 0 Å². The van der Waals surface area contributed by atoms with Crippen LogP contribution in [0, 0.1) is 17.0 Å². The maximum absolute atomic E-state index is 11.6. The summed E-state index contributed by atoms with van der Waals surface area (Å²) in [5.41, 5.74) is 2.95. The van der Waals surface area contributed by atoms with Crippen LogP contribution in [-0.2, 0) is 0 Å². The second-order valence-corrected chi connectivity index (χ2v) is 8.27. The van der Waals surface area contributed by atoms with Crippen molar-refractivity contribution >= 4 is 46.5 Å². The number of nitro benzene ring substituents is 1. The molecule has 158 valence electrons. The van der Waals surface area contributed by atoms with Gasteiger partial charge in [0.1, 0.15) is 0 Å². The van der Waals surface area contributed by atoms with Gasteiger partial charge in [0.25, 0.3) is 5.69 Å². The Balaban J connectivity index is 1.66. The maximum atomic E-state index is 11.6. The van der Waals surface area contributed by atoms with Crippen LogP contribution < -0.4 is 0 Å². The van der Waals surface area contributed by atoms with Gasteiger partial charge in [-0.25, -0.2) is 9.78 Å². The number of carbonyl (C=O) groups is 1. The Morgan fingerprint density at radius 3 is 2.50 bits per heavy atom. The minimum atomic E-state index is -1.04. The molecule has 4 aromatic rings. The molecule has 0 unspecified atom stereocenters. The first-order valence-corrected chi connectivity index (χ1v) is 10.6. The summed E-state index contributed by atoms with van der Waals surface area (Å²) < 4.78 is 0. The first-order chi connectivity index (χ1) is 15.4. The third kappa shape index (κ3) is 4.68. The van der Waals surface area contributed by atoms with E-state index in [1.165, 1.54) is 23.9 Å². The number of nitrogens with zero attached hydrogens (tertiary/aromatic N) is 2. The highest BCUT2D eigenvalue weighted by atomic mass is 32.2. The second-order valence-electron chi connectivity index (χ2n) is 7.15. The van der Waals surface area contributed by atoms with E-state index in [2.05, 4.69) is 4.98 Å². The summed E-state index contributed by atoms with van der Waals surface area (Å²) in [6.45, 7) is 1.99. The number of pyridine rings is 1. The Morgan fingerprint density at radius 1 is 1.03 bits per heavy atom. The molecule has 0 fully saturated rings. The topological polar surface area (TPSA) is 93.3 Å². The number of hydrogen-bond donors (Lipinski definition) is 1. The molecule has 0 amide bonds. The highest BCUT2D eigenvalue weighted by molar-refractivity contribution is 7.99. The van der Waals surface area contributed by atoms with Crippen LogP contribution in [0.2, 0.25) is 0 Å². The molecule has 7 heteroatoms. The number of carboxylic acid groups (broad SMARTS) is 1. The minimum absolute atomic E-state index is 0.00965. The third-order valence-electron chi connectivity index (χ3n) is 4.84. The highest BCUT2D eigenvalue weighted by Gasteiger charge is 2.15. The van der Waals surface area contributed by atoms with Crippen LogP contribution in [0.4, 0.5) is 5.69 Å². The van der Waals surface area contributed by atoms with E-state index in [0.29, 0.717) is 27.1 Å². The number of carboxylic acids is 1. The molecule has 0 aliphatic carbocycles. The predicted octanol–water partition coefficient (Wildman–Crippen LogP) is 6.47. The normalized spacial score (nSPS) is 11.2. The van der Waals surface area contributed by atoms with Crippen molar-refractivity contribution in [2.75, 3.05) is 0 Å². The maximum Gasteiger partial charge on any atom is 0.336 e. The number of aromatic carboxylic acids is 1. The summed E-state index contributed by atoms with van der Waals surface area (Å²) in [6.07, 6.45) is 3.35. The lowest BCUT2D eigenvalue weighted by Gasteiger charge is -2.05. The van der Waals surface area contributed by atoms with Gasteiger partial charge in [0, 0.05) is 16.3 Å². The predicted molar refractivity (Wildman–Crippen MR) is 126 cm³/mol. The van der Waals surface area contributed by atoms with Gasteiger partial charge in [0.2, 0.25) is 0 Å². The fourth-order valence-corrected chi connectivity index (χ4v) is 4.14. The Kier molecular flexibility index (Phi) is 6.00. The van der Waals surface area contributed by atoms with Crippen molar-refractivity contribution in [3.63, 3.8) is 0 Å². The first-order valence-electron chi connectivity index (χ1n) is 9.75. The zero-order chi connectivity index (χ0) is 22.7. The molecule has 1 aromatic heterocycles. The SMILES string of the molecule is Cc1ccc(Sc2ccc(C=Cc3cc(C(=O)O)c4ccccc4n3)cc2[N+](=O)[O-])cc1. The van der Waals surface area contributed by atoms with Gasteiger partial charge in [-0.15, -0.1) is 0 Å². The molecular weight excluding hydrogens is 424 g/mol. The molecule has 1 heterocycles. The van der Waals surface area contributed by atoms with Crippen LogP contribution >= 0.6 is 11.8 Å². The van der Waals surface area contributed by atoms with E-state index < -0.39 is 10.9 Å². The molecule has 0 saturated carbocycles. The monoisotopic (exact) mass is 442 g/mol. The van der Waals surface area contributed by atoms with E-state index in [1.54, 1.807) is 48.6 Å². The molecule has 32 heavy (non-hydrogen) atoms. The number of para-hydroxylation sites is 1. The van der Waals surface area contributed by atoms with Crippen LogP contribution in [-0.4, -0.2) is 21.0 Å². The molecule has 0 atom stereocenters. The summed E-state index contributed by atoms with van der Waals surface area (Å²) in [5.74, 6) is -1.04. The summed E-state index contributed by atoms with van der Waals surface area (Å²) in [7, 11) is 0. The largest absolute Gasteiger partial charge is 0.478 e. The quantitative estimate of drug-likeness (QED) is 0.272. The number of hydrogen-bond acceptors (Lipinski definition) is 5. The summed E-state index contributed by atoms with van der Waals surface area (Å²) in [5, 5.41) is 21.7. The van der Waals surface area contributed by atoms with E-state index >= 15 is 0 Å². The lowest BCUT2D eigenvalue weighted by Crippen LogP contribution is -2.00. The Bertz CT molecular complexity index is 1360. The van der Waals surface area contributed by atoms with E-state index in [9.17, 15) is 20.0 Å². The lowest BCUT2D eigenvalue weighted by molar-refractivity contribution is -0.387. The molecule has 0 spiro atoms. The summed E-state index contributed by atoms with van der Waals surface area (Å²) in [4.78, 5) is 28.8. The summed E-state index contributed by atoms with van der Waals surface area (Å²) >= 11 is 1.34. The van der Waals surface area contributed by atoms with Gasteiger partial charge in [-0.1, -0.05) is 59.8 Å². The summed E-state index contributed by atoms with van der Waals surface area (Å²) in [6, 6.07) is 21.3. The van der Waals surface area contributed by atoms with Gasteiger partial charge < -0.3 is 5.11 Å². The number of nitro groups is 1. The third-order valence-corrected chi connectivity index (χ3v) is 5.91. The second kappa shape index (κ2) is 9.03. The Labute approximate surface area is 188 Å². The van der Waals surface area contributed by atoms with Gasteiger partial charge >= 0.3 is 5.97 Å². The van der Waals surface area contributed by atoms with E-state index in [4.69, 9.17) is 0 Å². The van der Waals surface area contributed by atoms with Crippen molar-refractivity contribution in [2.24, 2.45) is 0 Å². The molecule has 0 radical (unpaired) electrons. The van der Waals surface area contributed by atoms with Crippen molar-refractivity contribution < 1.29 is 14.8 Å². The van der Waals surface area contributed by atoms with E-state index in [1.807, 2.05) is 31.2 Å². The lowest BCUT2D eigenvalue weighted by atomic mass is 10.1. The van der Waals surface area contributed by atoms with E-state index in [-0.39, 0.29) is 11.3 Å². The Hall–Kier alpha value is -3.97. The van der Waals surface area contributed by atoms with Crippen LogP contribution in [0.1, 0.15) is 27.2 Å². The van der Waals surface area contributed by atoms with Gasteiger partial charge in [0.15, 0.2) is 0 Å². The molecule has 1 N–H and O–H groups in total. The van der Waals surface area contributed by atoms with Crippen LogP contribution in [0.3, 0.4) is 0 Å². The van der Waals surface area contributed by atoms with Crippen molar-refractivity contribution in [1.29, 1.82) is 0 Å². The van der Waals surface area contributed by atoms with E-state index in [0.717, 1.165) is 10.5 Å². The zero-order valence-electron chi connectivity index (χ0n) is 17.1. The molecule has 0 aliphatic rings. The number of fused-ring (bicyclic) bond motifs is 1. The van der Waals surface area contributed by atoms with Crippen LogP contribution in [0.15, 0.2) is 82.6 Å². The van der Waals surface area contributed by atoms with Gasteiger partial charge in [0.05, 0.1) is 26.6 Å². The standard InChI is InChI=1S/C25H18N2O4S/c1-16-6-11-19(12-7-16)32-24-13-9-17(14-23(24)27(30)31)8-10-18-15-21(25(28)29)20-4-2-3-5-22(20)26-18/h2-15H,1H3,(H,28,29). The molecule has 3 aromatic carbocycles. The number of aryl methyl sites for hydroxylation is 1. The minimum Gasteiger partial charge on any atom is -0.478 e. The highest BCUT2D eigenvalue weighted by Crippen LogP contribution is 2.35. The fourth-order valence-electron chi connectivity index (χ4n) is 3.24. The zero-order valence-corrected chi connectivity index (χ0v) is 17.9. The van der Waals surface area contributed by atoms with Crippen molar-refractivity contribution in [3.8, 4) is 0 Å². The smallest absolute Gasteiger partial charge is 0.336 e. The Morgan fingerprint density at radius 2 is 1.78 bits per heavy atom. The van der Waals surface area contributed by atoms with Crippen LogP contribution in [0.5, 0.6) is 0 Å². The molecule has 0 saturated heterocycles. The van der Waals surface area contributed by atoms with Crippen molar-refractivity contribution in [2.45, 2.75) is 16.7 Å². The van der Waals surface area contributed by atoms with Crippen molar-refractivity contribution in [1.82, 2.24) is 4.98 Å². The van der Waals surface area contributed by atoms with Gasteiger partial charge in [-0.05, 0) is 48.9 Å². The number of rotatable bonds is 6. The number of benzene rings is 3. The average molecular weight is 442 g/mol. The molecule has 4 rings (SSSR count). The first kappa shape index (κ1) is 21.3. The fraction of sp³-hybridized carbons (Fsp3) is 0.0400.